The average molecular weight is 479 g/mol. The number of carboxylic acid groups (broad SMARTS) is 1. The molecule has 35 heavy (non-hydrogen) atoms. The third-order valence-electron chi connectivity index (χ3n) is 6.79. The molecule has 0 radical (unpaired) electrons. The first-order valence-electron chi connectivity index (χ1n) is 12.3. The lowest BCUT2D eigenvalue weighted by molar-refractivity contribution is -0.142. The molecule has 0 saturated heterocycles. The number of amides is 2. The highest BCUT2D eigenvalue weighted by Crippen LogP contribution is 2.44. The summed E-state index contributed by atoms with van der Waals surface area (Å²) in [6.07, 6.45) is 1.93. The second-order valence-electron chi connectivity index (χ2n) is 10.8. The average Bonchev–Trinajstić information content (AvgIpc) is 3.60. The summed E-state index contributed by atoms with van der Waals surface area (Å²) in [5, 5.41) is 14.9. The molecule has 4 rings (SSSR count). The van der Waals surface area contributed by atoms with Crippen molar-refractivity contribution in [3.63, 3.8) is 0 Å². The van der Waals surface area contributed by atoms with E-state index in [-0.39, 0.29) is 23.9 Å². The first kappa shape index (κ1) is 24.8. The van der Waals surface area contributed by atoms with Crippen LogP contribution in [-0.4, -0.2) is 41.8 Å². The van der Waals surface area contributed by atoms with Crippen molar-refractivity contribution in [2.45, 2.75) is 64.5 Å². The number of fused-ring (bicyclic) bond motifs is 3. The maximum atomic E-state index is 12.9. The van der Waals surface area contributed by atoms with Crippen LogP contribution in [0.5, 0.6) is 0 Å². The number of aliphatic carboxylic acids is 1. The predicted octanol–water partition coefficient (Wildman–Crippen LogP) is 4.70. The Morgan fingerprint density at radius 1 is 0.971 bits per heavy atom. The van der Waals surface area contributed by atoms with Crippen molar-refractivity contribution in [1.82, 2.24) is 10.6 Å². The molecule has 0 aromatic heterocycles. The van der Waals surface area contributed by atoms with Crippen molar-refractivity contribution in [3.8, 4) is 11.1 Å². The van der Waals surface area contributed by atoms with Crippen LogP contribution in [0.4, 0.5) is 4.79 Å². The molecule has 1 fully saturated rings. The fourth-order valence-electron chi connectivity index (χ4n) is 4.69. The lowest BCUT2D eigenvalue weighted by Crippen LogP contribution is -2.52. The molecule has 3 N–H and O–H groups in total. The first-order valence-corrected chi connectivity index (χ1v) is 12.3. The van der Waals surface area contributed by atoms with Crippen LogP contribution in [0.3, 0.4) is 0 Å². The number of rotatable bonds is 9. The molecule has 0 heterocycles. The van der Waals surface area contributed by atoms with E-state index in [0.29, 0.717) is 12.8 Å². The molecule has 1 saturated carbocycles. The summed E-state index contributed by atoms with van der Waals surface area (Å²) in [4.78, 5) is 37.4. The SMILES string of the molecule is CC(C)(C)CCC(NC(=O)C(NC(=O)OCC1c2ccccc2-c2ccccc21)C1CC1)C(=O)O. The molecular formula is C28H34N2O5. The van der Waals surface area contributed by atoms with Gasteiger partial charge in [0, 0.05) is 5.92 Å². The quantitative estimate of drug-likeness (QED) is 0.485. The van der Waals surface area contributed by atoms with E-state index in [1.165, 1.54) is 0 Å². The summed E-state index contributed by atoms with van der Waals surface area (Å²) in [5.74, 6) is -1.62. The maximum Gasteiger partial charge on any atom is 0.407 e. The van der Waals surface area contributed by atoms with Crippen molar-refractivity contribution in [2.75, 3.05) is 6.61 Å². The molecular weight excluding hydrogens is 444 g/mol. The highest BCUT2D eigenvalue weighted by molar-refractivity contribution is 5.89. The lowest BCUT2D eigenvalue weighted by Gasteiger charge is -2.24. The molecule has 2 aromatic rings. The van der Waals surface area contributed by atoms with Crippen molar-refractivity contribution in [1.29, 1.82) is 0 Å². The van der Waals surface area contributed by atoms with Gasteiger partial charge in [0.2, 0.25) is 5.91 Å². The minimum atomic E-state index is -1.07. The smallest absolute Gasteiger partial charge is 0.407 e. The van der Waals surface area contributed by atoms with Crippen molar-refractivity contribution < 1.29 is 24.2 Å². The monoisotopic (exact) mass is 478 g/mol. The van der Waals surface area contributed by atoms with Gasteiger partial charge in [-0.2, -0.15) is 0 Å². The van der Waals surface area contributed by atoms with Gasteiger partial charge in [-0.3, -0.25) is 4.79 Å². The van der Waals surface area contributed by atoms with E-state index < -0.39 is 30.1 Å². The number of hydrogen-bond donors (Lipinski definition) is 3. The zero-order chi connectivity index (χ0) is 25.2. The van der Waals surface area contributed by atoms with Crippen molar-refractivity contribution in [2.24, 2.45) is 11.3 Å². The topological polar surface area (TPSA) is 105 Å². The number of carbonyl (C=O) groups is 3. The lowest BCUT2D eigenvalue weighted by atomic mass is 9.88. The van der Waals surface area contributed by atoms with Gasteiger partial charge < -0.3 is 20.5 Å². The number of carbonyl (C=O) groups excluding carboxylic acids is 2. The Kier molecular flexibility index (Phi) is 7.15. The molecule has 0 bridgehead atoms. The molecule has 7 heteroatoms. The third kappa shape index (κ3) is 6.02. The number of nitrogens with one attached hydrogen (secondary N) is 2. The standard InChI is InChI=1S/C28H34N2O5/c1-28(2,3)15-14-23(26(32)33)29-25(31)24(17-12-13-17)30-27(34)35-16-22-20-10-6-4-8-18(20)19-9-5-7-11-21(19)22/h4-11,17,22-24H,12-16H2,1-3H3,(H,29,31)(H,30,34)(H,32,33). The van der Waals surface area contributed by atoms with E-state index in [9.17, 15) is 19.5 Å². The van der Waals surface area contributed by atoms with E-state index in [2.05, 4.69) is 22.8 Å². The molecule has 2 amide bonds. The van der Waals surface area contributed by atoms with Gasteiger partial charge in [0.1, 0.15) is 18.7 Å². The Hall–Kier alpha value is -3.35. The van der Waals surface area contributed by atoms with Gasteiger partial charge in [0.05, 0.1) is 0 Å². The summed E-state index contributed by atoms with van der Waals surface area (Å²) in [7, 11) is 0. The molecule has 2 aliphatic carbocycles. The summed E-state index contributed by atoms with van der Waals surface area (Å²) in [6, 6.07) is 14.4. The van der Waals surface area contributed by atoms with E-state index >= 15 is 0 Å². The fourth-order valence-corrected chi connectivity index (χ4v) is 4.69. The van der Waals surface area contributed by atoms with Gasteiger partial charge in [-0.15, -0.1) is 0 Å². The van der Waals surface area contributed by atoms with Gasteiger partial charge in [-0.05, 0) is 59.3 Å². The fraction of sp³-hybridized carbons (Fsp3) is 0.464. The largest absolute Gasteiger partial charge is 0.480 e. The van der Waals surface area contributed by atoms with Crippen LogP contribution < -0.4 is 10.6 Å². The van der Waals surface area contributed by atoms with Gasteiger partial charge in [0.15, 0.2) is 0 Å². The number of hydrogen-bond acceptors (Lipinski definition) is 4. The highest BCUT2D eigenvalue weighted by atomic mass is 16.5. The Labute approximate surface area is 206 Å². The minimum Gasteiger partial charge on any atom is -0.480 e. The van der Waals surface area contributed by atoms with Crippen molar-refractivity contribution >= 4 is 18.0 Å². The van der Waals surface area contributed by atoms with Gasteiger partial charge in [-0.25, -0.2) is 9.59 Å². The van der Waals surface area contributed by atoms with Crippen molar-refractivity contribution in [3.05, 3.63) is 59.7 Å². The Bertz CT molecular complexity index is 1060. The van der Waals surface area contributed by atoms with Gasteiger partial charge in [-0.1, -0.05) is 69.3 Å². The Morgan fingerprint density at radius 3 is 2.06 bits per heavy atom. The number of ether oxygens (including phenoxy) is 1. The molecule has 0 spiro atoms. The van der Waals surface area contributed by atoms with E-state index in [1.807, 2.05) is 57.2 Å². The molecule has 0 aliphatic heterocycles. The minimum absolute atomic E-state index is 0.00690. The molecule has 2 atom stereocenters. The molecule has 2 aliphatic rings. The molecule has 186 valence electrons. The highest BCUT2D eigenvalue weighted by Gasteiger charge is 2.39. The summed E-state index contributed by atoms with van der Waals surface area (Å²) >= 11 is 0. The Morgan fingerprint density at radius 2 is 1.54 bits per heavy atom. The van der Waals surface area contributed by atoms with Crippen LogP contribution in [0.25, 0.3) is 11.1 Å². The zero-order valence-corrected chi connectivity index (χ0v) is 20.5. The summed E-state index contributed by atoms with van der Waals surface area (Å²) < 4.78 is 5.60. The van der Waals surface area contributed by atoms with Gasteiger partial charge >= 0.3 is 12.1 Å². The summed E-state index contributed by atoms with van der Waals surface area (Å²) in [6.45, 7) is 6.24. The van der Waals surface area contributed by atoms with Crippen LogP contribution in [0.2, 0.25) is 0 Å². The first-order chi connectivity index (χ1) is 16.6. The van der Waals surface area contributed by atoms with Crippen LogP contribution in [0, 0.1) is 11.3 Å². The van der Waals surface area contributed by atoms with E-state index in [4.69, 9.17) is 4.74 Å². The second-order valence-corrected chi connectivity index (χ2v) is 10.8. The predicted molar refractivity (Wildman–Crippen MR) is 133 cm³/mol. The van der Waals surface area contributed by atoms with E-state index in [1.54, 1.807) is 0 Å². The maximum absolute atomic E-state index is 12.9. The zero-order valence-electron chi connectivity index (χ0n) is 20.5. The van der Waals surface area contributed by atoms with Crippen LogP contribution in [0.15, 0.2) is 48.5 Å². The normalized spacial score (nSPS) is 16.5. The molecule has 2 unspecified atom stereocenters. The Balaban J connectivity index is 1.37. The molecule has 7 nitrogen and oxygen atoms in total. The number of benzene rings is 2. The molecule has 2 aromatic carbocycles. The number of carboxylic acids is 1. The van der Waals surface area contributed by atoms with Crippen LogP contribution in [-0.2, 0) is 14.3 Å². The van der Waals surface area contributed by atoms with Gasteiger partial charge in [0.25, 0.3) is 0 Å². The second kappa shape index (κ2) is 10.1. The third-order valence-corrected chi connectivity index (χ3v) is 6.79. The summed E-state index contributed by atoms with van der Waals surface area (Å²) in [5.41, 5.74) is 4.46. The van der Waals surface area contributed by atoms with Crippen LogP contribution in [0.1, 0.15) is 63.5 Å². The van der Waals surface area contributed by atoms with E-state index in [0.717, 1.165) is 35.1 Å². The number of alkyl carbamates (subject to hydrolysis) is 1. The van der Waals surface area contributed by atoms with Crippen LogP contribution >= 0.6 is 0 Å².